The van der Waals surface area contributed by atoms with Crippen molar-refractivity contribution in [1.82, 2.24) is 9.80 Å². The lowest BCUT2D eigenvalue weighted by Gasteiger charge is -2.35. The van der Waals surface area contributed by atoms with Gasteiger partial charge in [-0.05, 0) is 12.8 Å². The number of piperazine rings is 1. The van der Waals surface area contributed by atoms with Crippen LogP contribution < -0.4 is 0 Å². The maximum atomic E-state index is 10.5. The Labute approximate surface area is 114 Å². The van der Waals surface area contributed by atoms with Crippen LogP contribution in [0.3, 0.4) is 0 Å². The van der Waals surface area contributed by atoms with Crippen LogP contribution >= 0.6 is 12.4 Å². The highest BCUT2D eigenvalue weighted by Gasteiger charge is 2.22. The topological polar surface area (TPSA) is 53.0 Å². The molecule has 5 nitrogen and oxygen atoms in total. The quantitative estimate of drug-likeness (QED) is 0.802. The molecule has 0 aromatic carbocycles. The van der Waals surface area contributed by atoms with E-state index in [1.807, 2.05) is 0 Å². The Morgan fingerprint density at radius 3 is 2.44 bits per heavy atom. The normalized spacial score (nSPS) is 25.9. The summed E-state index contributed by atoms with van der Waals surface area (Å²) in [5, 5.41) is 8.63. The fourth-order valence-corrected chi connectivity index (χ4v) is 2.53. The van der Waals surface area contributed by atoms with Crippen molar-refractivity contribution in [2.45, 2.75) is 25.4 Å². The lowest BCUT2D eigenvalue weighted by Crippen LogP contribution is -2.48. The highest BCUT2D eigenvalue weighted by molar-refractivity contribution is 5.85. The molecular formula is C12H23ClN2O3. The predicted molar refractivity (Wildman–Crippen MR) is 71.4 cm³/mol. The Bertz CT molecular complexity index is 252. The van der Waals surface area contributed by atoms with Gasteiger partial charge in [0.25, 0.3) is 0 Å². The van der Waals surface area contributed by atoms with Gasteiger partial charge in [-0.15, -0.1) is 12.4 Å². The first-order valence-corrected chi connectivity index (χ1v) is 6.52. The van der Waals surface area contributed by atoms with Gasteiger partial charge in [-0.3, -0.25) is 9.69 Å². The van der Waals surface area contributed by atoms with Crippen LogP contribution in [-0.4, -0.2) is 72.9 Å². The number of hydrogen-bond acceptors (Lipinski definition) is 4. The summed E-state index contributed by atoms with van der Waals surface area (Å²) < 4.78 is 5.63. The number of ether oxygens (including phenoxy) is 1. The Morgan fingerprint density at radius 2 is 1.89 bits per heavy atom. The first-order chi connectivity index (χ1) is 8.24. The smallest absolute Gasteiger partial charge is 0.304 e. The van der Waals surface area contributed by atoms with Gasteiger partial charge in [-0.2, -0.15) is 0 Å². The lowest BCUT2D eigenvalue weighted by atomic mass is 10.2. The second kappa shape index (κ2) is 7.94. The van der Waals surface area contributed by atoms with Crippen molar-refractivity contribution in [3.8, 4) is 0 Å². The summed E-state index contributed by atoms with van der Waals surface area (Å²) in [4.78, 5) is 15.2. The number of carboxylic acid groups (broad SMARTS) is 1. The molecule has 0 aromatic rings. The van der Waals surface area contributed by atoms with E-state index in [2.05, 4.69) is 9.80 Å². The average Bonchev–Trinajstić information content (AvgIpc) is 2.81. The molecule has 2 saturated heterocycles. The van der Waals surface area contributed by atoms with Crippen LogP contribution in [0.2, 0.25) is 0 Å². The summed E-state index contributed by atoms with van der Waals surface area (Å²) in [5.74, 6) is -0.702. The van der Waals surface area contributed by atoms with E-state index < -0.39 is 5.97 Å². The van der Waals surface area contributed by atoms with E-state index in [1.165, 1.54) is 12.8 Å². The monoisotopic (exact) mass is 278 g/mol. The number of nitrogens with zero attached hydrogens (tertiary/aromatic N) is 2. The number of halogens is 1. The molecule has 2 fully saturated rings. The van der Waals surface area contributed by atoms with Gasteiger partial charge in [0, 0.05) is 45.9 Å². The first-order valence-electron chi connectivity index (χ1n) is 6.52. The van der Waals surface area contributed by atoms with E-state index in [0.29, 0.717) is 12.6 Å². The summed E-state index contributed by atoms with van der Waals surface area (Å²) in [7, 11) is 0. The molecule has 0 spiro atoms. The van der Waals surface area contributed by atoms with E-state index in [0.717, 1.165) is 39.3 Å². The summed E-state index contributed by atoms with van der Waals surface area (Å²) in [6.07, 6.45) is 3.08. The Balaban J connectivity index is 0.00000162. The third kappa shape index (κ3) is 5.10. The molecule has 2 aliphatic rings. The van der Waals surface area contributed by atoms with Crippen molar-refractivity contribution in [3.63, 3.8) is 0 Å². The second-order valence-corrected chi connectivity index (χ2v) is 4.92. The molecule has 0 radical (unpaired) electrons. The molecule has 2 heterocycles. The minimum Gasteiger partial charge on any atom is -0.481 e. The SMILES string of the molecule is Cl.O=C(O)CCN1CCN(CC2CCCO2)CC1. The van der Waals surface area contributed by atoms with Crippen molar-refractivity contribution < 1.29 is 14.6 Å². The zero-order chi connectivity index (χ0) is 12.1. The number of carboxylic acids is 1. The minimum atomic E-state index is -0.702. The molecule has 2 rings (SSSR count). The molecule has 0 amide bonds. The summed E-state index contributed by atoms with van der Waals surface area (Å²) >= 11 is 0. The van der Waals surface area contributed by atoms with Crippen molar-refractivity contribution in [3.05, 3.63) is 0 Å². The number of hydrogen-bond donors (Lipinski definition) is 1. The molecule has 0 bridgehead atoms. The van der Waals surface area contributed by atoms with Crippen molar-refractivity contribution in [1.29, 1.82) is 0 Å². The molecule has 106 valence electrons. The van der Waals surface area contributed by atoms with Gasteiger partial charge in [-0.25, -0.2) is 0 Å². The van der Waals surface area contributed by atoms with E-state index >= 15 is 0 Å². The van der Waals surface area contributed by atoms with Gasteiger partial charge in [0.15, 0.2) is 0 Å². The average molecular weight is 279 g/mol. The van der Waals surface area contributed by atoms with E-state index in [9.17, 15) is 4.79 Å². The predicted octanol–water partition coefficient (Wildman–Crippen LogP) is 0.679. The van der Waals surface area contributed by atoms with Crippen molar-refractivity contribution in [2.75, 3.05) is 45.9 Å². The number of rotatable bonds is 5. The minimum absolute atomic E-state index is 0. The van der Waals surface area contributed by atoms with Crippen LogP contribution in [0.15, 0.2) is 0 Å². The molecular weight excluding hydrogens is 256 g/mol. The van der Waals surface area contributed by atoms with Crippen LogP contribution in [0.4, 0.5) is 0 Å². The maximum Gasteiger partial charge on any atom is 0.304 e. The fourth-order valence-electron chi connectivity index (χ4n) is 2.53. The van der Waals surface area contributed by atoms with E-state index in [1.54, 1.807) is 0 Å². The van der Waals surface area contributed by atoms with E-state index in [4.69, 9.17) is 9.84 Å². The zero-order valence-corrected chi connectivity index (χ0v) is 11.5. The standard InChI is InChI=1S/C12H22N2O3.ClH/c15-12(16)3-4-13-5-7-14(8-6-13)10-11-2-1-9-17-11;/h11H,1-10H2,(H,15,16);1H. The molecule has 1 unspecified atom stereocenters. The highest BCUT2D eigenvalue weighted by atomic mass is 35.5. The van der Waals surface area contributed by atoms with Crippen LogP contribution in [-0.2, 0) is 9.53 Å². The molecule has 6 heteroatoms. The Kier molecular flexibility index (Phi) is 6.92. The van der Waals surface area contributed by atoms with Crippen molar-refractivity contribution >= 4 is 18.4 Å². The highest BCUT2D eigenvalue weighted by Crippen LogP contribution is 2.14. The van der Waals surface area contributed by atoms with Crippen molar-refractivity contribution in [2.24, 2.45) is 0 Å². The van der Waals surface area contributed by atoms with Crippen LogP contribution in [0.25, 0.3) is 0 Å². The summed E-state index contributed by atoms with van der Waals surface area (Å²) in [6, 6.07) is 0. The summed E-state index contributed by atoms with van der Waals surface area (Å²) in [5.41, 5.74) is 0. The largest absolute Gasteiger partial charge is 0.481 e. The molecule has 18 heavy (non-hydrogen) atoms. The van der Waals surface area contributed by atoms with Gasteiger partial charge in [0.1, 0.15) is 0 Å². The molecule has 0 aliphatic carbocycles. The number of aliphatic carboxylic acids is 1. The molecule has 1 N–H and O–H groups in total. The molecule has 2 aliphatic heterocycles. The third-order valence-electron chi connectivity index (χ3n) is 3.59. The van der Waals surface area contributed by atoms with Gasteiger partial charge in [-0.1, -0.05) is 0 Å². The van der Waals surface area contributed by atoms with Crippen LogP contribution in [0.5, 0.6) is 0 Å². The fraction of sp³-hybridized carbons (Fsp3) is 0.917. The van der Waals surface area contributed by atoms with Gasteiger partial charge < -0.3 is 14.7 Å². The number of carbonyl (C=O) groups is 1. The van der Waals surface area contributed by atoms with Gasteiger partial charge in [0.05, 0.1) is 12.5 Å². The first kappa shape index (κ1) is 15.7. The molecule has 0 aromatic heterocycles. The Morgan fingerprint density at radius 1 is 1.22 bits per heavy atom. The molecule has 1 atom stereocenters. The maximum absolute atomic E-state index is 10.5. The van der Waals surface area contributed by atoms with E-state index in [-0.39, 0.29) is 18.8 Å². The Hall–Kier alpha value is -0.360. The molecule has 0 saturated carbocycles. The van der Waals surface area contributed by atoms with Gasteiger partial charge >= 0.3 is 5.97 Å². The van der Waals surface area contributed by atoms with Gasteiger partial charge in [0.2, 0.25) is 0 Å². The van der Waals surface area contributed by atoms with Crippen LogP contribution in [0, 0.1) is 0 Å². The zero-order valence-electron chi connectivity index (χ0n) is 10.7. The lowest BCUT2D eigenvalue weighted by molar-refractivity contribution is -0.137. The van der Waals surface area contributed by atoms with Crippen LogP contribution in [0.1, 0.15) is 19.3 Å². The summed E-state index contributed by atoms with van der Waals surface area (Å²) in [6.45, 7) is 6.71. The third-order valence-corrected chi connectivity index (χ3v) is 3.59. The second-order valence-electron chi connectivity index (χ2n) is 4.92.